The first-order valence-electron chi connectivity index (χ1n) is 10.6. The molecular weight excluding hydrogens is 408 g/mol. The van der Waals surface area contributed by atoms with E-state index in [4.69, 9.17) is 9.84 Å². The number of carboxylic acid groups (broad SMARTS) is 1. The smallest absolute Gasteiger partial charge is 0.407 e. The number of amides is 2. The molecule has 0 spiro atoms. The summed E-state index contributed by atoms with van der Waals surface area (Å²) in [5.74, 6) is 2.97. The maximum absolute atomic E-state index is 12.1. The van der Waals surface area contributed by atoms with Crippen LogP contribution in [0, 0.1) is 11.8 Å². The number of hydrogen-bond acceptors (Lipinski definition) is 4. The SMILES string of the molecule is CCCCC(NC(=O)C#CCNC(=O)OCC1c2ccccc2-c2ccccc21)C(=O)O. The maximum atomic E-state index is 12.1. The number of carbonyl (C=O) groups is 3. The minimum Gasteiger partial charge on any atom is -0.480 e. The van der Waals surface area contributed by atoms with Crippen LogP contribution < -0.4 is 10.6 Å². The first kappa shape index (κ1) is 22.9. The normalized spacial score (nSPS) is 12.5. The molecule has 0 aromatic heterocycles. The molecular formula is C25H26N2O5. The second-order valence-electron chi connectivity index (χ2n) is 7.49. The largest absolute Gasteiger partial charge is 0.480 e. The number of nitrogens with one attached hydrogen (secondary N) is 2. The van der Waals surface area contributed by atoms with Crippen LogP contribution in [0.4, 0.5) is 4.79 Å². The van der Waals surface area contributed by atoms with Crippen LogP contribution in [0.3, 0.4) is 0 Å². The molecule has 1 aliphatic rings. The Hall–Kier alpha value is -3.79. The van der Waals surface area contributed by atoms with Crippen molar-refractivity contribution >= 4 is 18.0 Å². The van der Waals surface area contributed by atoms with Gasteiger partial charge in [-0.1, -0.05) is 74.2 Å². The Morgan fingerprint density at radius 3 is 2.28 bits per heavy atom. The molecule has 0 saturated heterocycles. The fourth-order valence-corrected chi connectivity index (χ4v) is 3.75. The molecule has 7 nitrogen and oxygen atoms in total. The minimum atomic E-state index is -1.09. The summed E-state index contributed by atoms with van der Waals surface area (Å²) < 4.78 is 5.39. The third kappa shape index (κ3) is 5.67. The Kier molecular flexibility index (Phi) is 7.87. The molecule has 0 saturated carbocycles. The van der Waals surface area contributed by atoms with Gasteiger partial charge < -0.3 is 20.5 Å². The summed E-state index contributed by atoms with van der Waals surface area (Å²) in [6.45, 7) is 2.04. The van der Waals surface area contributed by atoms with Gasteiger partial charge in [-0.2, -0.15) is 0 Å². The first-order chi connectivity index (χ1) is 15.5. The molecule has 1 unspecified atom stereocenters. The molecule has 3 N–H and O–H groups in total. The van der Waals surface area contributed by atoms with Crippen molar-refractivity contribution in [1.29, 1.82) is 0 Å². The molecule has 32 heavy (non-hydrogen) atoms. The van der Waals surface area contributed by atoms with Gasteiger partial charge in [-0.05, 0) is 34.6 Å². The number of unbranched alkanes of at least 4 members (excludes halogenated alkanes) is 1. The summed E-state index contributed by atoms with van der Waals surface area (Å²) in [4.78, 5) is 35.0. The standard InChI is InChI=1S/C25H26N2O5/c1-2-3-13-22(24(29)30)27-23(28)14-8-15-26-25(31)32-16-21-19-11-6-4-9-17(19)18-10-5-7-12-20(18)21/h4-7,9-12,21-22H,2-3,13,15-16H2,1H3,(H,26,31)(H,27,28)(H,29,30). The van der Waals surface area contributed by atoms with Crippen molar-refractivity contribution in [2.45, 2.75) is 38.1 Å². The van der Waals surface area contributed by atoms with E-state index in [1.54, 1.807) is 0 Å². The van der Waals surface area contributed by atoms with Crippen molar-refractivity contribution in [1.82, 2.24) is 10.6 Å². The average molecular weight is 434 g/mol. The van der Waals surface area contributed by atoms with Crippen LogP contribution in [0.15, 0.2) is 48.5 Å². The van der Waals surface area contributed by atoms with Crippen LogP contribution in [-0.4, -0.2) is 42.3 Å². The number of hydrogen-bond donors (Lipinski definition) is 3. The number of carboxylic acids is 1. The number of carbonyl (C=O) groups excluding carboxylic acids is 2. The minimum absolute atomic E-state index is 0.0407. The van der Waals surface area contributed by atoms with E-state index in [1.165, 1.54) is 0 Å². The lowest BCUT2D eigenvalue weighted by atomic mass is 9.98. The highest BCUT2D eigenvalue weighted by atomic mass is 16.5. The fourth-order valence-electron chi connectivity index (χ4n) is 3.75. The van der Waals surface area contributed by atoms with Crippen LogP contribution in [0.5, 0.6) is 0 Å². The van der Waals surface area contributed by atoms with Crippen LogP contribution in [0.2, 0.25) is 0 Å². The Balaban J connectivity index is 1.48. The van der Waals surface area contributed by atoms with Gasteiger partial charge in [0.1, 0.15) is 12.6 Å². The molecule has 2 aromatic carbocycles. The van der Waals surface area contributed by atoms with Gasteiger partial charge in [-0.25, -0.2) is 9.59 Å². The Morgan fingerprint density at radius 1 is 1.06 bits per heavy atom. The summed E-state index contributed by atoms with van der Waals surface area (Å²) in [6.07, 6.45) is 1.23. The van der Waals surface area contributed by atoms with E-state index < -0.39 is 24.0 Å². The predicted molar refractivity (Wildman–Crippen MR) is 120 cm³/mol. The van der Waals surface area contributed by atoms with Gasteiger partial charge in [0.05, 0.1) is 6.54 Å². The second-order valence-corrected chi connectivity index (χ2v) is 7.49. The summed E-state index contributed by atoms with van der Waals surface area (Å²) >= 11 is 0. The highest BCUT2D eigenvalue weighted by molar-refractivity contribution is 5.96. The third-order valence-electron chi connectivity index (χ3n) is 5.32. The third-order valence-corrected chi connectivity index (χ3v) is 5.32. The highest BCUT2D eigenvalue weighted by Gasteiger charge is 2.28. The van der Waals surface area contributed by atoms with E-state index in [0.717, 1.165) is 28.7 Å². The average Bonchev–Trinajstić information content (AvgIpc) is 3.11. The summed E-state index contributed by atoms with van der Waals surface area (Å²) in [6, 6.07) is 15.1. The van der Waals surface area contributed by atoms with Gasteiger partial charge in [-0.15, -0.1) is 0 Å². The molecule has 7 heteroatoms. The van der Waals surface area contributed by atoms with Gasteiger partial charge >= 0.3 is 12.1 Å². The quantitative estimate of drug-likeness (QED) is 0.553. The lowest BCUT2D eigenvalue weighted by Crippen LogP contribution is -2.40. The monoisotopic (exact) mass is 434 g/mol. The van der Waals surface area contributed by atoms with Gasteiger partial charge in [-0.3, -0.25) is 4.79 Å². The van der Waals surface area contributed by atoms with Crippen LogP contribution >= 0.6 is 0 Å². The van der Waals surface area contributed by atoms with E-state index in [1.807, 2.05) is 43.3 Å². The van der Waals surface area contributed by atoms with Crippen molar-refractivity contribution in [3.8, 4) is 23.0 Å². The summed E-state index contributed by atoms with van der Waals surface area (Å²) in [5, 5.41) is 14.0. The zero-order chi connectivity index (χ0) is 22.9. The Bertz CT molecular complexity index is 1010. The highest BCUT2D eigenvalue weighted by Crippen LogP contribution is 2.44. The Morgan fingerprint density at radius 2 is 1.69 bits per heavy atom. The number of rotatable bonds is 8. The van der Waals surface area contributed by atoms with Crippen molar-refractivity contribution in [3.63, 3.8) is 0 Å². The van der Waals surface area contributed by atoms with Crippen LogP contribution in [0.25, 0.3) is 11.1 Å². The molecule has 0 aliphatic heterocycles. The van der Waals surface area contributed by atoms with Crippen molar-refractivity contribution < 1.29 is 24.2 Å². The molecule has 1 atom stereocenters. The summed E-state index contributed by atoms with van der Waals surface area (Å²) in [5.41, 5.74) is 4.53. The zero-order valence-electron chi connectivity index (χ0n) is 17.9. The van der Waals surface area contributed by atoms with Gasteiger partial charge in [0.2, 0.25) is 0 Å². The van der Waals surface area contributed by atoms with E-state index in [2.05, 4.69) is 34.6 Å². The zero-order valence-corrected chi connectivity index (χ0v) is 17.9. The molecule has 166 valence electrons. The molecule has 2 aromatic rings. The van der Waals surface area contributed by atoms with E-state index in [-0.39, 0.29) is 19.1 Å². The Labute approximate surface area is 187 Å². The topological polar surface area (TPSA) is 105 Å². The fraction of sp³-hybridized carbons (Fsp3) is 0.320. The predicted octanol–water partition coefficient (Wildman–Crippen LogP) is 3.29. The molecule has 1 aliphatic carbocycles. The van der Waals surface area contributed by atoms with Crippen molar-refractivity contribution in [3.05, 3.63) is 59.7 Å². The lowest BCUT2D eigenvalue weighted by Gasteiger charge is -2.14. The van der Waals surface area contributed by atoms with Crippen LogP contribution in [0.1, 0.15) is 43.2 Å². The second kappa shape index (κ2) is 11.0. The molecule has 0 fully saturated rings. The summed E-state index contributed by atoms with van der Waals surface area (Å²) in [7, 11) is 0. The van der Waals surface area contributed by atoms with Gasteiger partial charge in [0, 0.05) is 5.92 Å². The number of benzene rings is 2. The van der Waals surface area contributed by atoms with E-state index in [0.29, 0.717) is 12.8 Å². The number of aliphatic carboxylic acids is 1. The maximum Gasteiger partial charge on any atom is 0.407 e. The number of alkyl carbamates (subject to hydrolysis) is 1. The molecule has 0 heterocycles. The van der Waals surface area contributed by atoms with Gasteiger partial charge in [0.25, 0.3) is 5.91 Å². The molecule has 0 radical (unpaired) electrons. The van der Waals surface area contributed by atoms with Gasteiger partial charge in [0.15, 0.2) is 0 Å². The van der Waals surface area contributed by atoms with E-state index >= 15 is 0 Å². The molecule has 2 amide bonds. The van der Waals surface area contributed by atoms with Crippen LogP contribution in [-0.2, 0) is 14.3 Å². The molecule has 3 rings (SSSR count). The number of fused-ring (bicyclic) bond motifs is 3. The lowest BCUT2D eigenvalue weighted by molar-refractivity contribution is -0.141. The van der Waals surface area contributed by atoms with Crippen molar-refractivity contribution in [2.75, 3.05) is 13.2 Å². The van der Waals surface area contributed by atoms with E-state index in [9.17, 15) is 14.4 Å². The molecule has 0 bridgehead atoms. The first-order valence-corrected chi connectivity index (χ1v) is 10.6. The number of ether oxygens (including phenoxy) is 1. The van der Waals surface area contributed by atoms with Crippen molar-refractivity contribution in [2.24, 2.45) is 0 Å².